The molecule has 3 nitrogen and oxygen atoms in total. The van der Waals surface area contributed by atoms with E-state index in [2.05, 4.69) is 13.8 Å². The number of rotatable bonds is 21. The van der Waals surface area contributed by atoms with Gasteiger partial charge in [-0.15, -0.1) is 17.0 Å². The van der Waals surface area contributed by atoms with Gasteiger partial charge in [0, 0.05) is 0 Å². The fourth-order valence-corrected chi connectivity index (χ4v) is 4.10. The van der Waals surface area contributed by atoms with Crippen molar-refractivity contribution in [3.63, 3.8) is 0 Å². The van der Waals surface area contributed by atoms with Crippen LogP contribution in [0.15, 0.2) is 0 Å². The van der Waals surface area contributed by atoms with E-state index in [4.69, 9.17) is 5.73 Å². The Bertz CT molecular complexity index is 290. The molecule has 4 heteroatoms. The van der Waals surface area contributed by atoms with Crippen LogP contribution in [0.3, 0.4) is 0 Å². The van der Waals surface area contributed by atoms with Crippen LogP contribution in [0, 0.1) is 5.92 Å². The molecule has 0 saturated carbocycles. The standard InChI is InChI=1S/C24H51NO2.BrH/c1-3-5-6-7-8-9-10-11-12-13-14-15-16-17-18-19-21-22(20-4-2)23(25)24(26)27;/h22-24,26-27H,3-21,25H2,1-2H3;1H. The van der Waals surface area contributed by atoms with Crippen molar-refractivity contribution in [2.75, 3.05) is 0 Å². The summed E-state index contributed by atoms with van der Waals surface area (Å²) in [6, 6.07) is -0.485. The van der Waals surface area contributed by atoms with E-state index in [1.54, 1.807) is 0 Å². The van der Waals surface area contributed by atoms with E-state index in [1.165, 1.54) is 103 Å². The summed E-state index contributed by atoms with van der Waals surface area (Å²) in [6.45, 7) is 4.42. The molecule has 0 aromatic heterocycles. The lowest BCUT2D eigenvalue weighted by atomic mass is 9.89. The van der Waals surface area contributed by atoms with Gasteiger partial charge in [-0.25, -0.2) is 0 Å². The average Bonchev–Trinajstić information content (AvgIpc) is 2.66. The highest BCUT2D eigenvalue weighted by Crippen LogP contribution is 2.21. The number of unbranched alkanes of at least 4 members (excludes halogenated alkanes) is 15. The largest absolute Gasteiger partial charge is 0.367 e. The zero-order chi connectivity index (χ0) is 20.2. The van der Waals surface area contributed by atoms with Crippen LogP contribution in [-0.4, -0.2) is 22.5 Å². The highest BCUT2D eigenvalue weighted by molar-refractivity contribution is 8.93. The van der Waals surface area contributed by atoms with Crippen molar-refractivity contribution in [3.8, 4) is 0 Å². The summed E-state index contributed by atoms with van der Waals surface area (Å²) in [7, 11) is 0. The molecule has 0 aromatic rings. The van der Waals surface area contributed by atoms with Crippen LogP contribution in [0.2, 0.25) is 0 Å². The SMILES string of the molecule is Br.CCCCCCCCCCCCCCCCCCC(CCC)C(N)C(O)O. The molecule has 2 unspecified atom stereocenters. The van der Waals surface area contributed by atoms with Gasteiger partial charge in [-0.1, -0.05) is 123 Å². The molecule has 28 heavy (non-hydrogen) atoms. The Kier molecular flexibility index (Phi) is 25.8. The third-order valence-corrected chi connectivity index (χ3v) is 5.98. The van der Waals surface area contributed by atoms with Crippen LogP contribution in [0.1, 0.15) is 136 Å². The molecule has 0 radical (unpaired) electrons. The third-order valence-electron chi connectivity index (χ3n) is 5.98. The molecule has 0 heterocycles. The summed E-state index contributed by atoms with van der Waals surface area (Å²) in [5.74, 6) is 0.252. The Morgan fingerprint density at radius 3 is 1.21 bits per heavy atom. The molecule has 0 aliphatic rings. The topological polar surface area (TPSA) is 66.5 Å². The van der Waals surface area contributed by atoms with Gasteiger partial charge in [0.2, 0.25) is 0 Å². The fraction of sp³-hybridized carbons (Fsp3) is 1.00. The van der Waals surface area contributed by atoms with Gasteiger partial charge < -0.3 is 15.9 Å². The van der Waals surface area contributed by atoms with Gasteiger partial charge >= 0.3 is 0 Å². The van der Waals surface area contributed by atoms with Crippen LogP contribution < -0.4 is 5.73 Å². The van der Waals surface area contributed by atoms with Crippen LogP contribution in [0.25, 0.3) is 0 Å². The van der Waals surface area contributed by atoms with E-state index in [-0.39, 0.29) is 22.9 Å². The molecular weight excluding hydrogens is 414 g/mol. The number of hydrogen-bond acceptors (Lipinski definition) is 3. The molecule has 0 aromatic carbocycles. The molecule has 2 atom stereocenters. The number of halogens is 1. The van der Waals surface area contributed by atoms with Crippen molar-refractivity contribution in [1.82, 2.24) is 0 Å². The number of aliphatic hydroxyl groups is 2. The Labute approximate surface area is 187 Å². The van der Waals surface area contributed by atoms with Crippen LogP contribution in [-0.2, 0) is 0 Å². The minimum absolute atomic E-state index is 0. The summed E-state index contributed by atoms with van der Waals surface area (Å²) in [5, 5.41) is 18.6. The van der Waals surface area contributed by atoms with E-state index < -0.39 is 12.3 Å². The van der Waals surface area contributed by atoms with Crippen molar-refractivity contribution in [2.45, 2.75) is 148 Å². The van der Waals surface area contributed by atoms with E-state index >= 15 is 0 Å². The second-order valence-electron chi connectivity index (χ2n) is 8.63. The van der Waals surface area contributed by atoms with Crippen molar-refractivity contribution in [3.05, 3.63) is 0 Å². The molecule has 0 fully saturated rings. The molecular formula is C24H52BrNO2. The fourth-order valence-electron chi connectivity index (χ4n) is 4.10. The van der Waals surface area contributed by atoms with Gasteiger partial charge in [0.25, 0.3) is 0 Å². The minimum Gasteiger partial charge on any atom is -0.367 e. The lowest BCUT2D eigenvalue weighted by Crippen LogP contribution is -2.41. The second kappa shape index (κ2) is 23.6. The number of aliphatic hydroxyl groups excluding tert-OH is 1. The molecule has 0 saturated heterocycles. The predicted molar refractivity (Wildman–Crippen MR) is 129 cm³/mol. The number of nitrogens with two attached hydrogens (primary N) is 1. The van der Waals surface area contributed by atoms with E-state index in [1.807, 2.05) is 0 Å². The zero-order valence-corrected chi connectivity index (χ0v) is 20.8. The predicted octanol–water partition coefficient (Wildman–Crippen LogP) is 7.27. The van der Waals surface area contributed by atoms with E-state index in [0.29, 0.717) is 0 Å². The van der Waals surface area contributed by atoms with Crippen LogP contribution in [0.5, 0.6) is 0 Å². The third kappa shape index (κ3) is 19.7. The first-order valence-electron chi connectivity index (χ1n) is 12.2. The van der Waals surface area contributed by atoms with Gasteiger partial charge in [0.1, 0.15) is 0 Å². The van der Waals surface area contributed by atoms with Gasteiger partial charge in [0.05, 0.1) is 6.04 Å². The first-order valence-corrected chi connectivity index (χ1v) is 12.2. The van der Waals surface area contributed by atoms with Crippen LogP contribution >= 0.6 is 17.0 Å². The Morgan fingerprint density at radius 2 is 0.893 bits per heavy atom. The lowest BCUT2D eigenvalue weighted by molar-refractivity contribution is -0.0726. The summed E-state index contributed by atoms with van der Waals surface area (Å²) < 4.78 is 0. The van der Waals surface area contributed by atoms with Gasteiger partial charge in [0.15, 0.2) is 6.29 Å². The van der Waals surface area contributed by atoms with E-state index in [9.17, 15) is 10.2 Å². The Hall–Kier alpha value is 0.360. The summed E-state index contributed by atoms with van der Waals surface area (Å²) in [5.41, 5.74) is 5.91. The molecule has 0 amide bonds. The summed E-state index contributed by atoms with van der Waals surface area (Å²) in [4.78, 5) is 0. The molecule has 0 aliphatic carbocycles. The Balaban J connectivity index is 0. The molecule has 172 valence electrons. The normalized spacial score (nSPS) is 13.5. The molecule has 0 aliphatic heterocycles. The molecule has 0 spiro atoms. The zero-order valence-electron chi connectivity index (χ0n) is 19.0. The van der Waals surface area contributed by atoms with Crippen molar-refractivity contribution >= 4 is 17.0 Å². The monoisotopic (exact) mass is 465 g/mol. The quantitative estimate of drug-likeness (QED) is 0.123. The smallest absolute Gasteiger partial charge is 0.167 e. The van der Waals surface area contributed by atoms with Crippen molar-refractivity contribution in [1.29, 1.82) is 0 Å². The van der Waals surface area contributed by atoms with Crippen LogP contribution in [0.4, 0.5) is 0 Å². The second-order valence-corrected chi connectivity index (χ2v) is 8.63. The lowest BCUT2D eigenvalue weighted by Gasteiger charge is -2.24. The maximum Gasteiger partial charge on any atom is 0.167 e. The molecule has 0 bridgehead atoms. The summed E-state index contributed by atoms with van der Waals surface area (Å²) in [6.07, 6.45) is 23.8. The number of hydrogen-bond donors (Lipinski definition) is 3. The maximum atomic E-state index is 9.28. The maximum absolute atomic E-state index is 9.28. The molecule has 0 rings (SSSR count). The average molecular weight is 467 g/mol. The van der Waals surface area contributed by atoms with Gasteiger partial charge in [-0.3, -0.25) is 0 Å². The summed E-state index contributed by atoms with van der Waals surface area (Å²) >= 11 is 0. The molecule has 4 N–H and O–H groups in total. The van der Waals surface area contributed by atoms with Crippen molar-refractivity contribution in [2.24, 2.45) is 11.7 Å². The Morgan fingerprint density at radius 1 is 0.536 bits per heavy atom. The van der Waals surface area contributed by atoms with Gasteiger partial charge in [-0.05, 0) is 18.8 Å². The van der Waals surface area contributed by atoms with Crippen molar-refractivity contribution < 1.29 is 10.2 Å². The van der Waals surface area contributed by atoms with Gasteiger partial charge in [-0.2, -0.15) is 0 Å². The minimum atomic E-state index is -1.37. The first-order chi connectivity index (χ1) is 13.1. The first kappa shape index (κ1) is 30.6. The highest BCUT2D eigenvalue weighted by atomic mass is 79.9. The highest BCUT2D eigenvalue weighted by Gasteiger charge is 2.21. The van der Waals surface area contributed by atoms with E-state index in [0.717, 1.165) is 19.3 Å².